The van der Waals surface area contributed by atoms with Gasteiger partial charge < -0.3 is 4.74 Å². The van der Waals surface area contributed by atoms with Crippen LogP contribution in [0.25, 0.3) is 5.69 Å². The standard InChI is InChI=1S/C14H13Cl3N2O2S/c1-4-21-14(20)11-7(2)19(18-13(11)22-3)12-9(16)5-8(15)6-10(12)17/h5-6H,4H2,1-3H3. The van der Waals surface area contributed by atoms with E-state index in [-0.39, 0.29) is 0 Å². The zero-order valence-electron chi connectivity index (χ0n) is 12.1. The number of hydrogen-bond donors (Lipinski definition) is 0. The van der Waals surface area contributed by atoms with Crippen LogP contribution in [0.15, 0.2) is 17.2 Å². The summed E-state index contributed by atoms with van der Waals surface area (Å²) in [5, 5.41) is 6.11. The lowest BCUT2D eigenvalue weighted by molar-refractivity contribution is 0.0521. The summed E-state index contributed by atoms with van der Waals surface area (Å²) < 4.78 is 6.63. The van der Waals surface area contributed by atoms with Crippen molar-refractivity contribution in [1.29, 1.82) is 0 Å². The number of nitrogens with zero attached hydrogens (tertiary/aromatic N) is 2. The third kappa shape index (κ3) is 3.23. The Morgan fingerprint density at radius 3 is 2.41 bits per heavy atom. The predicted molar refractivity (Wildman–Crippen MR) is 91.1 cm³/mol. The van der Waals surface area contributed by atoms with Crippen LogP contribution in [0, 0.1) is 6.92 Å². The van der Waals surface area contributed by atoms with Crippen molar-refractivity contribution < 1.29 is 9.53 Å². The maximum atomic E-state index is 12.1. The molecule has 118 valence electrons. The topological polar surface area (TPSA) is 44.1 Å². The van der Waals surface area contributed by atoms with Gasteiger partial charge in [0.05, 0.1) is 22.3 Å². The van der Waals surface area contributed by atoms with E-state index >= 15 is 0 Å². The maximum Gasteiger partial charge on any atom is 0.342 e. The van der Waals surface area contributed by atoms with E-state index in [1.54, 1.807) is 30.7 Å². The summed E-state index contributed by atoms with van der Waals surface area (Å²) in [6.07, 6.45) is 1.83. The van der Waals surface area contributed by atoms with E-state index in [1.807, 2.05) is 6.26 Å². The van der Waals surface area contributed by atoms with E-state index in [2.05, 4.69) is 5.10 Å². The van der Waals surface area contributed by atoms with E-state index in [4.69, 9.17) is 39.5 Å². The monoisotopic (exact) mass is 378 g/mol. The minimum atomic E-state index is -0.420. The molecule has 22 heavy (non-hydrogen) atoms. The molecular formula is C14H13Cl3N2O2S. The number of hydrogen-bond acceptors (Lipinski definition) is 4. The summed E-state index contributed by atoms with van der Waals surface area (Å²) in [7, 11) is 0. The highest BCUT2D eigenvalue weighted by molar-refractivity contribution is 7.98. The van der Waals surface area contributed by atoms with E-state index in [9.17, 15) is 4.79 Å². The molecule has 0 radical (unpaired) electrons. The van der Waals surface area contributed by atoms with Gasteiger partial charge in [-0.2, -0.15) is 5.10 Å². The Labute approximate surface area is 147 Å². The second kappa shape index (κ2) is 7.13. The highest BCUT2D eigenvalue weighted by atomic mass is 35.5. The number of esters is 1. The summed E-state index contributed by atoms with van der Waals surface area (Å²) in [5.74, 6) is -0.420. The van der Waals surface area contributed by atoms with E-state index < -0.39 is 5.97 Å². The zero-order chi connectivity index (χ0) is 16.4. The number of carbonyl (C=O) groups excluding carboxylic acids is 1. The van der Waals surface area contributed by atoms with Crippen LogP contribution < -0.4 is 0 Å². The third-order valence-electron chi connectivity index (χ3n) is 2.95. The Kier molecular flexibility index (Phi) is 5.66. The van der Waals surface area contributed by atoms with E-state index in [0.29, 0.717) is 43.6 Å². The third-order valence-corrected chi connectivity index (χ3v) is 4.42. The van der Waals surface area contributed by atoms with Crippen molar-refractivity contribution in [3.05, 3.63) is 38.5 Å². The fourth-order valence-corrected chi connectivity index (χ4v) is 3.59. The van der Waals surface area contributed by atoms with Crippen molar-refractivity contribution in [2.24, 2.45) is 0 Å². The first kappa shape index (κ1) is 17.5. The lowest BCUT2D eigenvalue weighted by Crippen LogP contribution is -2.08. The van der Waals surface area contributed by atoms with Crippen LogP contribution >= 0.6 is 46.6 Å². The molecule has 0 saturated heterocycles. The lowest BCUT2D eigenvalue weighted by atomic mass is 10.2. The molecule has 0 fully saturated rings. The number of aromatic nitrogens is 2. The summed E-state index contributed by atoms with van der Waals surface area (Å²) in [6.45, 7) is 3.81. The van der Waals surface area contributed by atoms with Crippen molar-refractivity contribution in [3.63, 3.8) is 0 Å². The Morgan fingerprint density at radius 2 is 1.91 bits per heavy atom. The number of thioether (sulfide) groups is 1. The van der Waals surface area contributed by atoms with Crippen LogP contribution in [-0.2, 0) is 4.74 Å². The predicted octanol–water partition coefficient (Wildman–Crippen LogP) is 5.04. The van der Waals surface area contributed by atoms with Gasteiger partial charge in [-0.3, -0.25) is 0 Å². The van der Waals surface area contributed by atoms with Crippen LogP contribution in [0.3, 0.4) is 0 Å². The molecule has 0 aliphatic carbocycles. The van der Waals surface area contributed by atoms with E-state index in [1.165, 1.54) is 11.8 Å². The number of carbonyl (C=O) groups is 1. The molecule has 0 amide bonds. The van der Waals surface area contributed by atoms with Gasteiger partial charge in [-0.1, -0.05) is 34.8 Å². The smallest absolute Gasteiger partial charge is 0.342 e. The first-order valence-corrected chi connectivity index (χ1v) is 8.72. The summed E-state index contributed by atoms with van der Waals surface area (Å²) in [4.78, 5) is 12.1. The molecule has 1 aromatic heterocycles. The maximum absolute atomic E-state index is 12.1. The fraction of sp³-hybridized carbons (Fsp3) is 0.286. The molecular weight excluding hydrogens is 367 g/mol. The van der Waals surface area contributed by atoms with Gasteiger partial charge in [-0.15, -0.1) is 11.8 Å². The molecule has 0 aliphatic heterocycles. The van der Waals surface area contributed by atoms with E-state index in [0.717, 1.165) is 0 Å². The van der Waals surface area contributed by atoms with Crippen LogP contribution in [0.1, 0.15) is 23.0 Å². The van der Waals surface area contributed by atoms with Crippen molar-refractivity contribution in [2.45, 2.75) is 18.9 Å². The van der Waals surface area contributed by atoms with Crippen molar-refractivity contribution in [2.75, 3.05) is 12.9 Å². The Morgan fingerprint density at radius 1 is 1.32 bits per heavy atom. The average Bonchev–Trinajstić information content (AvgIpc) is 2.75. The molecule has 0 N–H and O–H groups in total. The molecule has 4 nitrogen and oxygen atoms in total. The molecule has 0 aliphatic rings. The molecule has 0 spiro atoms. The molecule has 8 heteroatoms. The Bertz CT molecular complexity index is 708. The molecule has 0 unspecified atom stereocenters. The highest BCUT2D eigenvalue weighted by Crippen LogP contribution is 2.35. The molecule has 0 saturated carbocycles. The molecule has 1 aromatic carbocycles. The van der Waals surface area contributed by atoms with Gasteiger partial charge in [0, 0.05) is 5.02 Å². The quantitative estimate of drug-likeness (QED) is 0.551. The summed E-state index contributed by atoms with van der Waals surface area (Å²) >= 11 is 19.7. The Balaban J connectivity index is 2.66. The molecule has 2 aromatic rings. The summed E-state index contributed by atoms with van der Waals surface area (Å²) in [5.41, 5.74) is 1.50. The van der Waals surface area contributed by atoms with Crippen molar-refractivity contribution in [1.82, 2.24) is 9.78 Å². The normalized spacial score (nSPS) is 10.8. The Hall–Kier alpha value is -0.880. The second-order valence-corrected chi connectivity index (χ2v) is 6.37. The number of ether oxygens (including phenoxy) is 1. The van der Waals surface area contributed by atoms with Gasteiger partial charge in [0.2, 0.25) is 0 Å². The van der Waals surface area contributed by atoms with Crippen molar-refractivity contribution >= 4 is 52.5 Å². The average molecular weight is 380 g/mol. The van der Waals surface area contributed by atoms with Gasteiger partial charge in [-0.25, -0.2) is 9.48 Å². The minimum absolute atomic E-state index is 0.291. The fourth-order valence-electron chi connectivity index (χ4n) is 2.01. The van der Waals surface area contributed by atoms with Gasteiger partial charge in [0.15, 0.2) is 0 Å². The minimum Gasteiger partial charge on any atom is -0.462 e. The SMILES string of the molecule is CCOC(=O)c1c(SC)nn(-c2c(Cl)cc(Cl)cc2Cl)c1C. The first-order chi connectivity index (χ1) is 10.4. The van der Waals surface area contributed by atoms with Crippen LogP contribution in [0.2, 0.25) is 15.1 Å². The van der Waals surface area contributed by atoms with Gasteiger partial charge in [-0.05, 0) is 32.2 Å². The molecule has 1 heterocycles. The lowest BCUT2D eigenvalue weighted by Gasteiger charge is -2.10. The summed E-state index contributed by atoms with van der Waals surface area (Å²) in [6, 6.07) is 3.16. The van der Waals surface area contributed by atoms with Crippen molar-refractivity contribution in [3.8, 4) is 5.69 Å². The van der Waals surface area contributed by atoms with Gasteiger partial charge >= 0.3 is 5.97 Å². The van der Waals surface area contributed by atoms with Crippen LogP contribution in [0.4, 0.5) is 0 Å². The number of rotatable bonds is 4. The molecule has 2 rings (SSSR count). The van der Waals surface area contributed by atoms with Crippen LogP contribution in [0.5, 0.6) is 0 Å². The highest BCUT2D eigenvalue weighted by Gasteiger charge is 2.24. The molecule has 0 bridgehead atoms. The first-order valence-electron chi connectivity index (χ1n) is 6.36. The zero-order valence-corrected chi connectivity index (χ0v) is 15.2. The van der Waals surface area contributed by atoms with Crippen LogP contribution in [-0.4, -0.2) is 28.6 Å². The van der Waals surface area contributed by atoms with Gasteiger partial charge in [0.1, 0.15) is 16.3 Å². The van der Waals surface area contributed by atoms with Gasteiger partial charge in [0.25, 0.3) is 0 Å². The number of benzene rings is 1. The molecule has 0 atom stereocenters. The second-order valence-electron chi connectivity index (χ2n) is 4.32. The largest absolute Gasteiger partial charge is 0.462 e. The number of halogens is 3.